The molecule has 0 amide bonds. The molecular formula is C16H17BrClN. The smallest absolute Gasteiger partial charge is 0.0588 e. The maximum atomic E-state index is 6.10. The molecule has 19 heavy (non-hydrogen) atoms. The molecule has 1 atom stereocenters. The van der Waals surface area contributed by atoms with Crippen LogP contribution in [0, 0.1) is 6.92 Å². The fraction of sp³-hybridized carbons (Fsp3) is 0.250. The molecule has 0 spiro atoms. The number of nitrogens with one attached hydrogen (secondary N) is 1. The van der Waals surface area contributed by atoms with Crippen LogP contribution in [0.25, 0.3) is 0 Å². The van der Waals surface area contributed by atoms with E-state index < -0.39 is 0 Å². The average Bonchev–Trinajstić information content (AvgIpc) is 2.37. The van der Waals surface area contributed by atoms with Crippen LogP contribution in [0.3, 0.4) is 0 Å². The summed E-state index contributed by atoms with van der Waals surface area (Å²) in [4.78, 5) is 0. The Labute approximate surface area is 128 Å². The Kier molecular flexibility index (Phi) is 5.03. The summed E-state index contributed by atoms with van der Waals surface area (Å²) in [5.74, 6) is 0. The first-order chi connectivity index (χ1) is 9.11. The summed E-state index contributed by atoms with van der Waals surface area (Å²) in [5, 5.41) is 4.28. The third-order valence-electron chi connectivity index (χ3n) is 3.06. The van der Waals surface area contributed by atoms with E-state index in [0.29, 0.717) is 0 Å². The largest absolute Gasteiger partial charge is 0.306 e. The van der Waals surface area contributed by atoms with Gasteiger partial charge >= 0.3 is 0 Å². The van der Waals surface area contributed by atoms with Crippen LogP contribution in [0.15, 0.2) is 46.9 Å². The molecule has 100 valence electrons. The van der Waals surface area contributed by atoms with Crippen LogP contribution in [0.1, 0.15) is 29.7 Å². The van der Waals surface area contributed by atoms with Gasteiger partial charge in [-0.3, -0.25) is 0 Å². The van der Waals surface area contributed by atoms with E-state index in [9.17, 15) is 0 Å². The molecular weight excluding hydrogens is 322 g/mol. The molecule has 0 saturated heterocycles. The lowest BCUT2D eigenvalue weighted by molar-refractivity contribution is 0.628. The monoisotopic (exact) mass is 337 g/mol. The normalized spacial score (nSPS) is 12.4. The quantitative estimate of drug-likeness (QED) is 0.817. The Morgan fingerprint density at radius 1 is 1.21 bits per heavy atom. The number of hydrogen-bond acceptors (Lipinski definition) is 1. The van der Waals surface area contributed by atoms with E-state index in [4.69, 9.17) is 11.6 Å². The van der Waals surface area contributed by atoms with Gasteiger partial charge < -0.3 is 5.32 Å². The topological polar surface area (TPSA) is 12.0 Å². The van der Waals surface area contributed by atoms with Crippen molar-refractivity contribution in [1.29, 1.82) is 0 Å². The van der Waals surface area contributed by atoms with E-state index in [1.807, 2.05) is 18.2 Å². The molecule has 0 bridgehead atoms. The summed E-state index contributed by atoms with van der Waals surface area (Å²) in [5.41, 5.74) is 3.66. The Morgan fingerprint density at radius 3 is 2.63 bits per heavy atom. The summed E-state index contributed by atoms with van der Waals surface area (Å²) < 4.78 is 1.12. The van der Waals surface area contributed by atoms with Gasteiger partial charge in [0.25, 0.3) is 0 Å². The van der Waals surface area contributed by atoms with E-state index in [-0.39, 0.29) is 6.04 Å². The first-order valence-electron chi connectivity index (χ1n) is 6.36. The van der Waals surface area contributed by atoms with Gasteiger partial charge in [-0.2, -0.15) is 0 Å². The van der Waals surface area contributed by atoms with Crippen LogP contribution in [0.5, 0.6) is 0 Å². The molecule has 0 aliphatic heterocycles. The zero-order valence-corrected chi connectivity index (χ0v) is 13.4. The summed E-state index contributed by atoms with van der Waals surface area (Å²) >= 11 is 9.76. The molecule has 3 heteroatoms. The second-order valence-corrected chi connectivity index (χ2v) is 5.86. The third kappa shape index (κ3) is 3.59. The minimum atomic E-state index is 0.152. The number of benzene rings is 2. The van der Waals surface area contributed by atoms with Gasteiger partial charge in [0.15, 0.2) is 0 Å². The van der Waals surface area contributed by atoms with Crippen LogP contribution < -0.4 is 5.32 Å². The highest BCUT2D eigenvalue weighted by Gasteiger charge is 2.16. The maximum Gasteiger partial charge on any atom is 0.0588 e. The molecule has 0 radical (unpaired) electrons. The molecule has 1 nitrogen and oxygen atoms in total. The number of hydrogen-bond donors (Lipinski definition) is 1. The van der Waals surface area contributed by atoms with Gasteiger partial charge in [0.05, 0.1) is 6.04 Å². The number of rotatable bonds is 4. The highest BCUT2D eigenvalue weighted by atomic mass is 79.9. The van der Waals surface area contributed by atoms with E-state index in [1.54, 1.807) is 0 Å². The van der Waals surface area contributed by atoms with E-state index in [1.165, 1.54) is 16.7 Å². The molecule has 2 rings (SSSR count). The molecule has 1 N–H and O–H groups in total. The van der Waals surface area contributed by atoms with E-state index in [0.717, 1.165) is 16.0 Å². The minimum Gasteiger partial charge on any atom is -0.306 e. The van der Waals surface area contributed by atoms with Crippen LogP contribution in [-0.2, 0) is 0 Å². The van der Waals surface area contributed by atoms with Crippen molar-refractivity contribution in [3.8, 4) is 0 Å². The molecule has 0 fully saturated rings. The number of halogens is 2. The lowest BCUT2D eigenvalue weighted by Crippen LogP contribution is -2.22. The van der Waals surface area contributed by atoms with Crippen molar-refractivity contribution in [2.45, 2.75) is 19.9 Å². The second kappa shape index (κ2) is 6.56. The van der Waals surface area contributed by atoms with Gasteiger partial charge in [-0.15, -0.1) is 0 Å². The first kappa shape index (κ1) is 14.6. The highest BCUT2D eigenvalue weighted by Crippen LogP contribution is 2.30. The summed E-state index contributed by atoms with van der Waals surface area (Å²) in [6.07, 6.45) is 0. The SMILES string of the molecule is CCNC(c1cccc(Cl)c1)c1ccc(C)cc1Br. The van der Waals surface area contributed by atoms with Crippen molar-refractivity contribution in [3.05, 3.63) is 68.7 Å². The van der Waals surface area contributed by atoms with Gasteiger partial charge in [0, 0.05) is 9.50 Å². The minimum absolute atomic E-state index is 0.152. The van der Waals surface area contributed by atoms with Crippen LogP contribution in [0.2, 0.25) is 5.02 Å². The Hall–Kier alpha value is -0.830. The van der Waals surface area contributed by atoms with Crippen LogP contribution >= 0.6 is 27.5 Å². The highest BCUT2D eigenvalue weighted by molar-refractivity contribution is 9.10. The summed E-state index contributed by atoms with van der Waals surface area (Å²) in [6, 6.07) is 14.6. The van der Waals surface area contributed by atoms with Crippen molar-refractivity contribution >= 4 is 27.5 Å². The molecule has 2 aromatic carbocycles. The van der Waals surface area contributed by atoms with Gasteiger partial charge in [-0.05, 0) is 48.4 Å². The van der Waals surface area contributed by atoms with Gasteiger partial charge in [-0.1, -0.05) is 58.7 Å². The predicted octanol–water partition coefficient (Wildman–Crippen LogP) is 5.11. The van der Waals surface area contributed by atoms with Gasteiger partial charge in [-0.25, -0.2) is 0 Å². The summed E-state index contributed by atoms with van der Waals surface area (Å²) in [6.45, 7) is 5.10. The van der Waals surface area contributed by atoms with Crippen molar-refractivity contribution in [2.75, 3.05) is 6.54 Å². The van der Waals surface area contributed by atoms with Crippen molar-refractivity contribution in [1.82, 2.24) is 5.32 Å². The molecule has 0 aliphatic carbocycles. The van der Waals surface area contributed by atoms with Gasteiger partial charge in [0.1, 0.15) is 0 Å². The zero-order chi connectivity index (χ0) is 13.8. The van der Waals surface area contributed by atoms with Gasteiger partial charge in [0.2, 0.25) is 0 Å². The molecule has 0 aromatic heterocycles. The third-order valence-corrected chi connectivity index (χ3v) is 3.98. The fourth-order valence-electron chi connectivity index (χ4n) is 2.16. The molecule has 1 unspecified atom stereocenters. The Morgan fingerprint density at radius 2 is 2.00 bits per heavy atom. The molecule has 0 heterocycles. The number of aryl methyl sites for hydroxylation is 1. The van der Waals surface area contributed by atoms with Crippen molar-refractivity contribution < 1.29 is 0 Å². The average molecular weight is 339 g/mol. The van der Waals surface area contributed by atoms with E-state index >= 15 is 0 Å². The molecule has 2 aromatic rings. The fourth-order valence-corrected chi connectivity index (χ4v) is 3.08. The Bertz CT molecular complexity index is 568. The van der Waals surface area contributed by atoms with Crippen LogP contribution in [-0.4, -0.2) is 6.54 Å². The standard InChI is InChI=1S/C16H17BrClN/c1-3-19-16(12-5-4-6-13(18)10-12)14-8-7-11(2)9-15(14)17/h4-10,16,19H,3H2,1-2H3. The Balaban J connectivity index is 2.45. The lowest BCUT2D eigenvalue weighted by Gasteiger charge is -2.21. The maximum absolute atomic E-state index is 6.10. The second-order valence-electron chi connectivity index (χ2n) is 4.57. The lowest BCUT2D eigenvalue weighted by atomic mass is 9.98. The van der Waals surface area contributed by atoms with Crippen LogP contribution in [0.4, 0.5) is 0 Å². The molecule has 0 saturated carbocycles. The van der Waals surface area contributed by atoms with Crippen molar-refractivity contribution in [2.24, 2.45) is 0 Å². The van der Waals surface area contributed by atoms with Crippen molar-refractivity contribution in [3.63, 3.8) is 0 Å². The van der Waals surface area contributed by atoms with E-state index in [2.05, 4.69) is 59.4 Å². The zero-order valence-electron chi connectivity index (χ0n) is 11.1. The summed E-state index contributed by atoms with van der Waals surface area (Å²) in [7, 11) is 0. The first-order valence-corrected chi connectivity index (χ1v) is 7.54. The predicted molar refractivity (Wildman–Crippen MR) is 85.9 cm³/mol. The molecule has 0 aliphatic rings.